The van der Waals surface area contributed by atoms with Crippen molar-refractivity contribution in [2.45, 2.75) is 0 Å². The van der Waals surface area contributed by atoms with Gasteiger partial charge in [0.25, 0.3) is 0 Å². The van der Waals surface area contributed by atoms with Crippen LogP contribution in [0.2, 0.25) is 0 Å². The molecule has 0 heterocycles. The molecular formula is C10H7BrF2O3. The summed E-state index contributed by atoms with van der Waals surface area (Å²) in [5, 5.41) is 8.48. The topological polar surface area (TPSA) is 46.5 Å². The normalized spacial score (nSPS) is 9.94. The van der Waals surface area contributed by atoms with E-state index in [0.717, 1.165) is 6.07 Å². The highest BCUT2D eigenvalue weighted by Crippen LogP contribution is 2.25. The number of carboxylic acids is 1. The molecule has 1 N–H and O–H groups in total. The number of hydrogen-bond donors (Lipinski definition) is 1. The van der Waals surface area contributed by atoms with Crippen LogP contribution in [0.5, 0.6) is 5.75 Å². The molecular weight excluding hydrogens is 286 g/mol. The van der Waals surface area contributed by atoms with Crippen molar-refractivity contribution in [2.75, 3.05) is 6.61 Å². The second-order valence-corrected chi connectivity index (χ2v) is 3.81. The van der Waals surface area contributed by atoms with Crippen molar-refractivity contribution in [3.05, 3.63) is 40.4 Å². The van der Waals surface area contributed by atoms with E-state index in [9.17, 15) is 13.6 Å². The highest BCUT2D eigenvalue weighted by molar-refractivity contribution is 9.10. The van der Waals surface area contributed by atoms with Crippen molar-refractivity contribution in [1.82, 2.24) is 0 Å². The summed E-state index contributed by atoms with van der Waals surface area (Å²) in [6.07, 6.45) is 0. The van der Waals surface area contributed by atoms with Gasteiger partial charge in [-0.15, -0.1) is 0 Å². The number of ether oxygens (including phenoxy) is 1. The SMILES string of the molecule is C=C(COc1cc(Br)cc(F)c1F)C(=O)O. The molecule has 0 amide bonds. The van der Waals surface area contributed by atoms with Crippen LogP contribution < -0.4 is 4.74 Å². The number of rotatable bonds is 4. The van der Waals surface area contributed by atoms with Gasteiger partial charge in [-0.1, -0.05) is 22.5 Å². The summed E-state index contributed by atoms with van der Waals surface area (Å²) in [5.74, 6) is -3.86. The second kappa shape index (κ2) is 5.07. The van der Waals surface area contributed by atoms with E-state index >= 15 is 0 Å². The summed E-state index contributed by atoms with van der Waals surface area (Å²) in [4.78, 5) is 10.4. The van der Waals surface area contributed by atoms with Gasteiger partial charge in [0, 0.05) is 4.47 Å². The molecule has 3 nitrogen and oxygen atoms in total. The Morgan fingerprint density at radius 3 is 2.69 bits per heavy atom. The highest BCUT2D eigenvalue weighted by atomic mass is 79.9. The molecule has 0 aliphatic rings. The van der Waals surface area contributed by atoms with Crippen molar-refractivity contribution in [3.8, 4) is 5.75 Å². The summed E-state index contributed by atoms with van der Waals surface area (Å²) in [7, 11) is 0. The Balaban J connectivity index is 2.82. The fourth-order valence-corrected chi connectivity index (χ4v) is 1.27. The van der Waals surface area contributed by atoms with E-state index in [1.165, 1.54) is 6.07 Å². The minimum atomic E-state index is -1.25. The molecule has 0 aromatic heterocycles. The summed E-state index contributed by atoms with van der Waals surface area (Å²) in [6.45, 7) is 2.78. The quantitative estimate of drug-likeness (QED) is 0.686. The molecule has 0 atom stereocenters. The van der Waals surface area contributed by atoms with Gasteiger partial charge >= 0.3 is 5.97 Å². The molecule has 0 bridgehead atoms. The van der Waals surface area contributed by atoms with Crippen molar-refractivity contribution in [2.24, 2.45) is 0 Å². The van der Waals surface area contributed by atoms with Crippen LogP contribution in [0.4, 0.5) is 8.78 Å². The molecule has 0 fully saturated rings. The maximum absolute atomic E-state index is 13.1. The van der Waals surface area contributed by atoms with E-state index < -0.39 is 24.2 Å². The lowest BCUT2D eigenvalue weighted by Gasteiger charge is -2.07. The lowest BCUT2D eigenvalue weighted by molar-refractivity contribution is -0.133. The molecule has 0 unspecified atom stereocenters. The number of halogens is 3. The monoisotopic (exact) mass is 292 g/mol. The van der Waals surface area contributed by atoms with Crippen LogP contribution in [-0.4, -0.2) is 17.7 Å². The smallest absolute Gasteiger partial charge is 0.334 e. The zero-order chi connectivity index (χ0) is 12.3. The highest BCUT2D eigenvalue weighted by Gasteiger charge is 2.13. The van der Waals surface area contributed by atoms with E-state index in [1.54, 1.807) is 0 Å². The van der Waals surface area contributed by atoms with Gasteiger partial charge in [0.1, 0.15) is 6.61 Å². The predicted octanol–water partition coefficient (Wildman–Crippen LogP) is 2.75. The zero-order valence-corrected chi connectivity index (χ0v) is 9.55. The molecule has 86 valence electrons. The first-order chi connectivity index (χ1) is 7.41. The van der Waals surface area contributed by atoms with E-state index in [1.807, 2.05) is 0 Å². The minimum absolute atomic E-state index is 0.250. The lowest BCUT2D eigenvalue weighted by atomic mass is 10.3. The molecule has 1 aromatic rings. The van der Waals surface area contributed by atoms with Gasteiger partial charge in [0.2, 0.25) is 5.82 Å². The van der Waals surface area contributed by atoms with Crippen molar-refractivity contribution >= 4 is 21.9 Å². The van der Waals surface area contributed by atoms with E-state index in [4.69, 9.17) is 9.84 Å². The van der Waals surface area contributed by atoms with E-state index in [-0.39, 0.29) is 11.3 Å². The Hall–Kier alpha value is -1.43. The van der Waals surface area contributed by atoms with Gasteiger partial charge in [-0.2, -0.15) is 4.39 Å². The van der Waals surface area contributed by atoms with E-state index in [0.29, 0.717) is 4.47 Å². The summed E-state index contributed by atoms with van der Waals surface area (Å²) in [5.41, 5.74) is -0.250. The molecule has 16 heavy (non-hydrogen) atoms. The van der Waals surface area contributed by atoms with Crippen molar-refractivity contribution < 1.29 is 23.4 Å². The number of carboxylic acid groups (broad SMARTS) is 1. The Bertz CT molecular complexity index is 446. The average molecular weight is 293 g/mol. The molecule has 0 aliphatic carbocycles. The number of carbonyl (C=O) groups is 1. The maximum atomic E-state index is 13.1. The molecule has 0 saturated carbocycles. The molecule has 1 rings (SSSR count). The van der Waals surface area contributed by atoms with Gasteiger partial charge in [-0.25, -0.2) is 9.18 Å². The third-order valence-electron chi connectivity index (χ3n) is 1.66. The van der Waals surface area contributed by atoms with Crippen LogP contribution in [0.1, 0.15) is 0 Å². The van der Waals surface area contributed by atoms with Crippen LogP contribution in [0.25, 0.3) is 0 Å². The average Bonchev–Trinajstić information content (AvgIpc) is 2.20. The van der Waals surface area contributed by atoms with Crippen LogP contribution in [0.15, 0.2) is 28.8 Å². The first-order valence-electron chi connectivity index (χ1n) is 4.10. The maximum Gasteiger partial charge on any atom is 0.334 e. The van der Waals surface area contributed by atoms with Gasteiger partial charge in [0.05, 0.1) is 5.57 Å². The van der Waals surface area contributed by atoms with E-state index in [2.05, 4.69) is 22.5 Å². The third kappa shape index (κ3) is 3.03. The summed E-state index contributed by atoms with van der Waals surface area (Å²) >= 11 is 2.96. The number of aliphatic carboxylic acids is 1. The Kier molecular flexibility index (Phi) is 4.00. The predicted molar refractivity (Wildman–Crippen MR) is 56.3 cm³/mol. The summed E-state index contributed by atoms with van der Waals surface area (Å²) in [6, 6.07) is 2.14. The minimum Gasteiger partial charge on any atom is -0.485 e. The van der Waals surface area contributed by atoms with Crippen LogP contribution >= 0.6 is 15.9 Å². The molecule has 1 aromatic carbocycles. The van der Waals surface area contributed by atoms with Crippen molar-refractivity contribution in [3.63, 3.8) is 0 Å². The van der Waals surface area contributed by atoms with Crippen LogP contribution in [-0.2, 0) is 4.79 Å². The Morgan fingerprint density at radius 1 is 1.50 bits per heavy atom. The molecule has 0 spiro atoms. The molecule has 0 aliphatic heterocycles. The number of benzene rings is 1. The fourth-order valence-electron chi connectivity index (χ4n) is 0.864. The molecule has 0 saturated heterocycles. The van der Waals surface area contributed by atoms with Gasteiger partial charge in [0.15, 0.2) is 11.6 Å². The van der Waals surface area contributed by atoms with Gasteiger partial charge in [-0.3, -0.25) is 0 Å². The molecule has 6 heteroatoms. The van der Waals surface area contributed by atoms with Gasteiger partial charge in [-0.05, 0) is 12.1 Å². The lowest BCUT2D eigenvalue weighted by Crippen LogP contribution is -2.10. The third-order valence-corrected chi connectivity index (χ3v) is 2.12. The Morgan fingerprint density at radius 2 is 2.12 bits per heavy atom. The van der Waals surface area contributed by atoms with Crippen molar-refractivity contribution in [1.29, 1.82) is 0 Å². The van der Waals surface area contributed by atoms with Gasteiger partial charge < -0.3 is 9.84 Å². The first kappa shape index (κ1) is 12.6. The first-order valence-corrected chi connectivity index (χ1v) is 4.89. The zero-order valence-electron chi connectivity index (χ0n) is 7.97. The second-order valence-electron chi connectivity index (χ2n) is 2.90. The largest absolute Gasteiger partial charge is 0.485 e. The fraction of sp³-hybridized carbons (Fsp3) is 0.100. The number of hydrogen-bond acceptors (Lipinski definition) is 2. The standard InChI is InChI=1S/C10H7BrF2O3/c1-5(10(14)15)4-16-8-3-6(11)2-7(12)9(8)13/h2-3H,1,4H2,(H,14,15). The Labute approximate surface area is 98.5 Å². The molecule has 0 radical (unpaired) electrons. The van der Waals surface area contributed by atoms with Crippen LogP contribution in [0.3, 0.4) is 0 Å². The summed E-state index contributed by atoms with van der Waals surface area (Å²) < 4.78 is 31.1. The van der Waals surface area contributed by atoms with Crippen LogP contribution in [0, 0.1) is 11.6 Å².